The van der Waals surface area contributed by atoms with E-state index in [1.165, 1.54) is 11.8 Å². The van der Waals surface area contributed by atoms with E-state index in [-0.39, 0.29) is 17.2 Å². The minimum absolute atomic E-state index is 0.0797. The van der Waals surface area contributed by atoms with Crippen molar-refractivity contribution in [1.29, 1.82) is 0 Å². The van der Waals surface area contributed by atoms with Crippen molar-refractivity contribution in [1.82, 2.24) is 19.5 Å². The fraction of sp³-hybridized carbons (Fsp3) is 0.615. The lowest BCUT2D eigenvalue weighted by Crippen LogP contribution is -2.20. The maximum atomic E-state index is 12.8. The van der Waals surface area contributed by atoms with Crippen LogP contribution in [0.4, 0.5) is 5.95 Å². The minimum Gasteiger partial charge on any atom is -0.368 e. The number of imidazole rings is 1. The molecule has 0 aliphatic carbocycles. The number of thioether (sulfide) groups is 1. The van der Waals surface area contributed by atoms with Crippen molar-refractivity contribution in [2.24, 2.45) is 0 Å². The van der Waals surface area contributed by atoms with Crippen molar-refractivity contribution >= 4 is 48.1 Å². The zero-order valence-electron chi connectivity index (χ0n) is 13.8. The Kier molecular flexibility index (Phi) is 5.87. The SMILES string of the molecule is CCOP(=O)(OCC)[C@H]1O[C@H](Cn2cnc3c(Cl)nc(N)nc32)CS1. The van der Waals surface area contributed by atoms with Crippen LogP contribution in [0.2, 0.25) is 5.15 Å². The van der Waals surface area contributed by atoms with Crippen LogP contribution in [0, 0.1) is 0 Å². The number of nitrogens with zero attached hydrogens (tertiary/aromatic N) is 4. The average Bonchev–Trinajstić information content (AvgIpc) is 3.16. The Labute approximate surface area is 154 Å². The van der Waals surface area contributed by atoms with Gasteiger partial charge in [-0.05, 0) is 13.8 Å². The number of anilines is 1. The van der Waals surface area contributed by atoms with E-state index in [4.69, 9.17) is 31.1 Å². The summed E-state index contributed by atoms with van der Waals surface area (Å²) in [6, 6.07) is 0. The Morgan fingerprint density at radius 3 is 2.84 bits per heavy atom. The maximum Gasteiger partial charge on any atom is 0.369 e. The number of rotatable bonds is 7. The van der Waals surface area contributed by atoms with Crippen LogP contribution in [-0.4, -0.2) is 49.8 Å². The van der Waals surface area contributed by atoms with Gasteiger partial charge in [0, 0.05) is 5.75 Å². The second-order valence-electron chi connectivity index (χ2n) is 5.22. The predicted octanol–water partition coefficient (Wildman–Crippen LogP) is 2.74. The van der Waals surface area contributed by atoms with Crippen molar-refractivity contribution < 1.29 is 18.3 Å². The molecule has 0 amide bonds. The first kappa shape index (κ1) is 18.9. The molecule has 2 aromatic rings. The van der Waals surface area contributed by atoms with Crippen LogP contribution in [0.5, 0.6) is 0 Å². The molecule has 2 N–H and O–H groups in total. The zero-order valence-corrected chi connectivity index (χ0v) is 16.3. The van der Waals surface area contributed by atoms with Crippen molar-refractivity contribution in [2.45, 2.75) is 31.7 Å². The topological polar surface area (TPSA) is 114 Å². The number of nitrogens with two attached hydrogens (primary N) is 1. The zero-order chi connectivity index (χ0) is 18.0. The van der Waals surface area contributed by atoms with Gasteiger partial charge in [-0.1, -0.05) is 11.6 Å². The summed E-state index contributed by atoms with van der Waals surface area (Å²) >= 11 is 7.45. The largest absolute Gasteiger partial charge is 0.369 e. The smallest absolute Gasteiger partial charge is 0.368 e. The molecule has 0 bridgehead atoms. The highest BCUT2D eigenvalue weighted by atomic mass is 35.5. The first-order valence-corrected chi connectivity index (χ1v) is 10.8. The highest BCUT2D eigenvalue weighted by Gasteiger charge is 2.43. The van der Waals surface area contributed by atoms with E-state index in [1.807, 2.05) is 0 Å². The van der Waals surface area contributed by atoms with Crippen LogP contribution >= 0.6 is 31.0 Å². The third-order valence-corrected chi connectivity index (χ3v) is 7.77. The van der Waals surface area contributed by atoms with E-state index < -0.39 is 12.8 Å². The van der Waals surface area contributed by atoms with Crippen LogP contribution < -0.4 is 5.73 Å². The highest BCUT2D eigenvalue weighted by Crippen LogP contribution is 2.59. The second kappa shape index (κ2) is 7.77. The number of ether oxygens (including phenoxy) is 1. The van der Waals surface area contributed by atoms with E-state index in [9.17, 15) is 4.57 Å². The predicted molar refractivity (Wildman–Crippen MR) is 96.7 cm³/mol. The molecule has 138 valence electrons. The number of hydrogen-bond donors (Lipinski definition) is 1. The van der Waals surface area contributed by atoms with Gasteiger partial charge in [-0.15, -0.1) is 11.8 Å². The molecule has 1 fully saturated rings. The molecule has 25 heavy (non-hydrogen) atoms. The first-order valence-electron chi connectivity index (χ1n) is 7.76. The van der Waals surface area contributed by atoms with Crippen molar-refractivity contribution in [3.8, 4) is 0 Å². The van der Waals surface area contributed by atoms with E-state index in [0.717, 1.165) is 0 Å². The minimum atomic E-state index is -3.31. The van der Waals surface area contributed by atoms with E-state index in [0.29, 0.717) is 36.7 Å². The molecule has 1 aliphatic rings. The lowest BCUT2D eigenvalue weighted by atomic mass is 10.4. The molecule has 0 saturated carbocycles. The summed E-state index contributed by atoms with van der Waals surface area (Å²) in [6.45, 7) is 4.60. The van der Waals surface area contributed by atoms with E-state index in [2.05, 4.69) is 15.0 Å². The summed E-state index contributed by atoms with van der Waals surface area (Å²) < 4.78 is 31.2. The molecule has 0 unspecified atom stereocenters. The van der Waals surface area contributed by atoms with Crippen molar-refractivity contribution in [3.63, 3.8) is 0 Å². The molecule has 0 radical (unpaired) electrons. The molecule has 1 saturated heterocycles. The Hall–Kier alpha value is -0.900. The van der Waals surface area contributed by atoms with Gasteiger partial charge in [0.1, 0.15) is 5.52 Å². The van der Waals surface area contributed by atoms with E-state index >= 15 is 0 Å². The third kappa shape index (κ3) is 3.94. The summed E-state index contributed by atoms with van der Waals surface area (Å²) in [7, 11) is -3.31. The maximum absolute atomic E-state index is 12.8. The molecular formula is C13H19ClN5O4PS. The van der Waals surface area contributed by atoms with Crippen molar-refractivity contribution in [3.05, 3.63) is 11.5 Å². The molecule has 12 heteroatoms. The lowest BCUT2D eigenvalue weighted by Gasteiger charge is -2.22. The number of hydrogen-bond acceptors (Lipinski definition) is 9. The summed E-state index contributed by atoms with van der Waals surface area (Å²) in [5.41, 5.74) is 6.67. The van der Waals surface area contributed by atoms with Gasteiger partial charge in [-0.25, -0.2) is 4.98 Å². The summed E-state index contributed by atoms with van der Waals surface area (Å²) in [5, 5.41) is -0.437. The highest BCUT2D eigenvalue weighted by molar-refractivity contribution is 8.05. The van der Waals surface area contributed by atoms with Gasteiger partial charge < -0.3 is 24.1 Å². The number of halogens is 1. The monoisotopic (exact) mass is 407 g/mol. The standard InChI is InChI=1S/C13H19ClN5O4PS/c1-3-21-24(20,22-4-2)13-23-8(6-25-13)5-19-7-16-9-10(14)17-12(15)18-11(9)19/h7-8,13H,3-6H2,1-2H3,(H2,15,17,18)/t8-,13-/m1/s1. The third-order valence-electron chi connectivity index (χ3n) is 3.45. The second-order valence-corrected chi connectivity index (χ2v) is 9.08. The van der Waals surface area contributed by atoms with Crippen molar-refractivity contribution in [2.75, 3.05) is 24.7 Å². The quantitative estimate of drug-likeness (QED) is 0.546. The molecule has 9 nitrogen and oxygen atoms in total. The van der Waals surface area contributed by atoms with Crippen LogP contribution in [0.3, 0.4) is 0 Å². The Morgan fingerprint density at radius 1 is 1.44 bits per heavy atom. The fourth-order valence-corrected chi connectivity index (χ4v) is 6.22. The van der Waals surface area contributed by atoms with Crippen LogP contribution in [0.25, 0.3) is 11.2 Å². The van der Waals surface area contributed by atoms with Gasteiger partial charge in [-0.2, -0.15) is 9.97 Å². The Balaban J connectivity index is 1.74. The van der Waals surface area contributed by atoms with E-state index in [1.54, 1.807) is 24.7 Å². The molecule has 1 aliphatic heterocycles. The molecule has 3 rings (SSSR count). The van der Waals surface area contributed by atoms with Gasteiger partial charge in [0.2, 0.25) is 11.1 Å². The van der Waals surface area contributed by atoms with Gasteiger partial charge in [-0.3, -0.25) is 4.57 Å². The summed E-state index contributed by atoms with van der Waals surface area (Å²) in [6.07, 6.45) is 1.41. The molecule has 2 aromatic heterocycles. The number of aromatic nitrogens is 4. The Bertz CT molecular complexity index is 796. The number of fused-ring (bicyclic) bond motifs is 1. The first-order chi connectivity index (χ1) is 12.0. The van der Waals surface area contributed by atoms with Gasteiger partial charge >= 0.3 is 7.60 Å². The summed E-state index contributed by atoms with van der Waals surface area (Å²) in [5.74, 6) is 0.721. The molecule has 0 aromatic carbocycles. The molecule has 3 heterocycles. The van der Waals surface area contributed by atoms with Gasteiger partial charge in [0.15, 0.2) is 10.8 Å². The molecule has 0 spiro atoms. The normalized spacial score (nSPS) is 21.2. The van der Waals surface area contributed by atoms with Gasteiger partial charge in [0.05, 0.1) is 32.2 Å². The van der Waals surface area contributed by atoms with Gasteiger partial charge in [0.25, 0.3) is 0 Å². The summed E-state index contributed by atoms with van der Waals surface area (Å²) in [4.78, 5) is 12.3. The Morgan fingerprint density at radius 2 is 2.16 bits per heavy atom. The lowest BCUT2D eigenvalue weighted by molar-refractivity contribution is 0.0676. The van der Waals surface area contributed by atoms with Crippen LogP contribution in [0.1, 0.15) is 13.8 Å². The average molecular weight is 408 g/mol. The van der Waals surface area contributed by atoms with Crippen LogP contribution in [-0.2, 0) is 24.9 Å². The fourth-order valence-electron chi connectivity index (χ4n) is 2.49. The van der Waals surface area contributed by atoms with Crippen LogP contribution in [0.15, 0.2) is 6.33 Å². The molecule has 2 atom stereocenters. The molecular weight excluding hydrogens is 389 g/mol. The number of nitrogen functional groups attached to an aromatic ring is 1.